The number of thiocarbonyl (C=S) groups is 1. The van der Waals surface area contributed by atoms with E-state index in [1.807, 2.05) is 6.92 Å². The minimum absolute atomic E-state index is 0. The molecule has 52 valence electrons. The Morgan fingerprint density at radius 3 is 2.44 bits per heavy atom. The summed E-state index contributed by atoms with van der Waals surface area (Å²) in [4.78, 5) is 0. The van der Waals surface area contributed by atoms with Crippen LogP contribution in [0.1, 0.15) is 13.8 Å². The first-order chi connectivity index (χ1) is 3.81. The van der Waals surface area contributed by atoms with Gasteiger partial charge in [0, 0.05) is 47.4 Å². The molecule has 1 nitrogen and oxygen atoms in total. The van der Waals surface area contributed by atoms with Gasteiger partial charge in [-0.05, 0) is 12.7 Å². The van der Waals surface area contributed by atoms with E-state index in [1.54, 1.807) is 11.8 Å². The van der Waals surface area contributed by atoms with Crippen molar-refractivity contribution in [2.24, 2.45) is 0 Å². The largest absolute Gasteiger partial charge is 0.371 e. The van der Waals surface area contributed by atoms with Gasteiger partial charge in [0.1, 0.15) is 4.32 Å². The van der Waals surface area contributed by atoms with E-state index in [9.17, 15) is 0 Å². The summed E-state index contributed by atoms with van der Waals surface area (Å²) in [7, 11) is 0. The van der Waals surface area contributed by atoms with Crippen LogP contribution in [0, 0.1) is 40.8 Å². The van der Waals surface area contributed by atoms with Gasteiger partial charge in [0.15, 0.2) is 0 Å². The molecule has 0 heterocycles. The summed E-state index contributed by atoms with van der Waals surface area (Å²) >= 11 is 6.58. The zero-order valence-electron chi connectivity index (χ0n) is 5.73. The fraction of sp³-hybridized carbons (Fsp3) is 0.800. The average Bonchev–Trinajstić information content (AvgIpc) is 1.68. The molecule has 0 atom stereocenters. The molecule has 0 aliphatic rings. The van der Waals surface area contributed by atoms with Crippen molar-refractivity contribution in [1.82, 2.24) is 5.32 Å². The molecule has 0 aliphatic carbocycles. The molecule has 0 saturated heterocycles. The second-order valence-electron chi connectivity index (χ2n) is 1.25. The summed E-state index contributed by atoms with van der Waals surface area (Å²) in [5.41, 5.74) is 0. The molecule has 0 radical (unpaired) electrons. The number of thioether (sulfide) groups is 1. The van der Waals surface area contributed by atoms with E-state index in [4.69, 9.17) is 12.2 Å². The van der Waals surface area contributed by atoms with Gasteiger partial charge < -0.3 is 5.32 Å². The second-order valence-corrected chi connectivity index (χ2v) is 3.19. The fourth-order valence-electron chi connectivity index (χ4n) is 0.326. The van der Waals surface area contributed by atoms with Crippen LogP contribution in [0.2, 0.25) is 0 Å². The van der Waals surface area contributed by atoms with Crippen molar-refractivity contribution in [2.45, 2.75) is 13.8 Å². The van der Waals surface area contributed by atoms with E-state index >= 15 is 0 Å². The van der Waals surface area contributed by atoms with E-state index in [1.165, 1.54) is 0 Å². The third-order valence-electron chi connectivity index (χ3n) is 0.597. The summed E-state index contributed by atoms with van der Waals surface area (Å²) in [6.07, 6.45) is 0. The van der Waals surface area contributed by atoms with Crippen molar-refractivity contribution in [3.8, 4) is 0 Å². The Morgan fingerprint density at radius 2 is 2.11 bits per heavy atom. The van der Waals surface area contributed by atoms with Crippen LogP contribution in [0.15, 0.2) is 0 Å². The van der Waals surface area contributed by atoms with Gasteiger partial charge in [0.25, 0.3) is 0 Å². The molecule has 0 aromatic carbocycles. The van der Waals surface area contributed by atoms with E-state index in [2.05, 4.69) is 12.2 Å². The number of rotatable bonds is 2. The first-order valence-corrected chi connectivity index (χ1v) is 4.11. The molecule has 9 heavy (non-hydrogen) atoms. The SMILES string of the molecule is CCNC(=S)SCC.[Nd]. The molecule has 0 fully saturated rings. The Hall–Kier alpha value is 1.59. The van der Waals surface area contributed by atoms with Crippen molar-refractivity contribution >= 4 is 28.3 Å². The van der Waals surface area contributed by atoms with Gasteiger partial charge in [-0.2, -0.15) is 0 Å². The van der Waals surface area contributed by atoms with Gasteiger partial charge >= 0.3 is 0 Å². The van der Waals surface area contributed by atoms with E-state index in [0.717, 1.165) is 16.6 Å². The Balaban J connectivity index is 0. The predicted molar refractivity (Wildman–Crippen MR) is 44.4 cm³/mol. The summed E-state index contributed by atoms with van der Waals surface area (Å²) in [6, 6.07) is 0. The van der Waals surface area contributed by atoms with Gasteiger partial charge in [-0.25, -0.2) is 0 Å². The Labute approximate surface area is 99.3 Å². The van der Waals surface area contributed by atoms with Gasteiger partial charge in [-0.15, -0.1) is 0 Å². The van der Waals surface area contributed by atoms with E-state index < -0.39 is 0 Å². The van der Waals surface area contributed by atoms with Crippen molar-refractivity contribution in [2.75, 3.05) is 12.3 Å². The van der Waals surface area contributed by atoms with Gasteiger partial charge in [0.05, 0.1) is 0 Å². The molecule has 0 unspecified atom stereocenters. The number of hydrogen-bond acceptors (Lipinski definition) is 2. The van der Waals surface area contributed by atoms with Gasteiger partial charge in [0.2, 0.25) is 0 Å². The first-order valence-electron chi connectivity index (χ1n) is 2.71. The third-order valence-corrected chi connectivity index (χ3v) is 1.79. The normalized spacial score (nSPS) is 7.78. The standard InChI is InChI=1S/C5H11NS2.Nd/c1-3-6-5(7)8-4-2;/h3-4H2,1-2H3,(H,6,7);. The van der Waals surface area contributed by atoms with Gasteiger partial charge in [-0.3, -0.25) is 0 Å². The van der Waals surface area contributed by atoms with Gasteiger partial charge in [-0.1, -0.05) is 30.9 Å². The molecule has 0 amide bonds. The number of hydrogen-bond donors (Lipinski definition) is 1. The minimum Gasteiger partial charge on any atom is -0.371 e. The minimum atomic E-state index is 0. The molecular formula is C5H11NNdS2. The molecule has 0 aliphatic heterocycles. The van der Waals surface area contributed by atoms with Crippen molar-refractivity contribution in [3.63, 3.8) is 0 Å². The topological polar surface area (TPSA) is 12.0 Å². The predicted octanol–water partition coefficient (Wildman–Crippen LogP) is 1.63. The maximum absolute atomic E-state index is 4.90. The summed E-state index contributed by atoms with van der Waals surface area (Å²) in [6.45, 7) is 5.07. The van der Waals surface area contributed by atoms with Crippen LogP contribution in [-0.4, -0.2) is 16.6 Å². The van der Waals surface area contributed by atoms with Crippen LogP contribution in [0.4, 0.5) is 0 Å². The Morgan fingerprint density at radius 1 is 1.56 bits per heavy atom. The second kappa shape index (κ2) is 9.59. The summed E-state index contributed by atoms with van der Waals surface area (Å²) < 4.78 is 0.912. The molecule has 0 aromatic heterocycles. The van der Waals surface area contributed by atoms with Crippen LogP contribution in [0.3, 0.4) is 0 Å². The number of nitrogens with one attached hydrogen (secondary N) is 1. The van der Waals surface area contributed by atoms with Crippen LogP contribution >= 0.6 is 24.0 Å². The summed E-state index contributed by atoms with van der Waals surface area (Å²) in [5, 5.41) is 3.04. The van der Waals surface area contributed by atoms with Crippen LogP contribution in [0.5, 0.6) is 0 Å². The zero-order chi connectivity index (χ0) is 6.41. The Bertz CT molecular complexity index is 69.4. The summed E-state index contributed by atoms with van der Waals surface area (Å²) in [5.74, 6) is 1.06. The van der Waals surface area contributed by atoms with Crippen molar-refractivity contribution in [1.29, 1.82) is 0 Å². The smallest absolute Gasteiger partial charge is 0.133 e. The molecular weight excluding hydrogens is 282 g/mol. The maximum Gasteiger partial charge on any atom is 0.133 e. The van der Waals surface area contributed by atoms with Crippen LogP contribution in [0.25, 0.3) is 0 Å². The molecule has 0 saturated carbocycles. The van der Waals surface area contributed by atoms with Crippen LogP contribution < -0.4 is 5.32 Å². The average molecular weight is 294 g/mol. The quantitative estimate of drug-likeness (QED) is 0.777. The molecule has 0 aromatic rings. The third kappa shape index (κ3) is 9.59. The molecule has 4 heteroatoms. The Kier molecular flexibility index (Phi) is 14.1. The van der Waals surface area contributed by atoms with Crippen molar-refractivity contribution < 1.29 is 40.8 Å². The molecule has 0 spiro atoms. The van der Waals surface area contributed by atoms with Crippen LogP contribution in [-0.2, 0) is 0 Å². The monoisotopic (exact) mass is 291 g/mol. The maximum atomic E-state index is 4.90. The molecule has 0 bridgehead atoms. The van der Waals surface area contributed by atoms with Crippen molar-refractivity contribution in [3.05, 3.63) is 0 Å². The van der Waals surface area contributed by atoms with E-state index in [0.29, 0.717) is 0 Å². The fourth-order valence-corrected chi connectivity index (χ4v) is 1.33. The first kappa shape index (κ1) is 13.2. The molecule has 1 N–H and O–H groups in total. The zero-order valence-corrected chi connectivity index (χ0v) is 10.6. The van der Waals surface area contributed by atoms with E-state index in [-0.39, 0.29) is 40.8 Å². The molecule has 0 rings (SSSR count).